The van der Waals surface area contributed by atoms with E-state index >= 15 is 0 Å². The second kappa shape index (κ2) is 6.91. The fourth-order valence-electron chi connectivity index (χ4n) is 2.36. The van der Waals surface area contributed by atoms with Gasteiger partial charge in [0.05, 0.1) is 18.1 Å². The lowest BCUT2D eigenvalue weighted by molar-refractivity contribution is 0.628. The van der Waals surface area contributed by atoms with Gasteiger partial charge in [0.2, 0.25) is 5.78 Å². The van der Waals surface area contributed by atoms with E-state index in [-0.39, 0.29) is 5.82 Å². The van der Waals surface area contributed by atoms with Gasteiger partial charge in [0, 0.05) is 24.3 Å². The van der Waals surface area contributed by atoms with E-state index in [2.05, 4.69) is 32.3 Å². The normalized spacial score (nSPS) is 11.5. The Morgan fingerprint density at radius 3 is 2.92 bits per heavy atom. The molecule has 0 bridgehead atoms. The van der Waals surface area contributed by atoms with Crippen molar-refractivity contribution >= 4 is 23.9 Å². The highest BCUT2D eigenvalue weighted by Gasteiger charge is 2.12. The minimum Gasteiger partial charge on any atom is -0.372 e. The van der Waals surface area contributed by atoms with Crippen LogP contribution in [-0.4, -0.2) is 27.8 Å². The number of fused-ring (bicyclic) bond motifs is 1. The number of nitrogens with one attached hydrogen (secondary N) is 2. The number of aromatic nitrogens is 3. The molecule has 0 aliphatic carbocycles. The third-order valence-corrected chi connectivity index (χ3v) is 3.47. The summed E-state index contributed by atoms with van der Waals surface area (Å²) in [6.07, 6.45) is 5.33. The summed E-state index contributed by atoms with van der Waals surface area (Å²) in [6, 6.07) is 8.00. The van der Waals surface area contributed by atoms with Gasteiger partial charge in [-0.1, -0.05) is 0 Å². The van der Waals surface area contributed by atoms with Crippen molar-refractivity contribution < 1.29 is 4.39 Å². The van der Waals surface area contributed by atoms with Gasteiger partial charge in [-0.15, -0.1) is 0 Å². The van der Waals surface area contributed by atoms with Gasteiger partial charge in [-0.3, -0.25) is 9.39 Å². The quantitative estimate of drug-likeness (QED) is 0.416. The van der Waals surface area contributed by atoms with Crippen LogP contribution in [0.1, 0.15) is 11.4 Å². The third kappa shape index (κ3) is 3.24. The Bertz CT molecular complexity index is 882. The summed E-state index contributed by atoms with van der Waals surface area (Å²) >= 11 is 0. The number of aryl methyl sites for hydroxylation is 1. The first-order valence-corrected chi connectivity index (χ1v) is 7.39. The molecule has 122 valence electrons. The van der Waals surface area contributed by atoms with E-state index in [0.717, 1.165) is 17.1 Å². The molecule has 2 N–H and O–H groups in total. The number of hydrogen-bond acceptors (Lipinski definition) is 5. The van der Waals surface area contributed by atoms with Crippen molar-refractivity contribution in [2.45, 2.75) is 6.92 Å². The van der Waals surface area contributed by atoms with E-state index in [1.807, 2.05) is 23.6 Å². The summed E-state index contributed by atoms with van der Waals surface area (Å²) in [7, 11) is 0. The Labute approximate surface area is 138 Å². The molecule has 0 amide bonds. The zero-order valence-corrected chi connectivity index (χ0v) is 13.2. The molecule has 7 heteroatoms. The van der Waals surface area contributed by atoms with E-state index < -0.39 is 0 Å². The molecule has 0 aliphatic heterocycles. The zero-order chi connectivity index (χ0) is 16.9. The van der Waals surface area contributed by atoms with E-state index in [1.54, 1.807) is 24.5 Å². The average molecular weight is 324 g/mol. The third-order valence-electron chi connectivity index (χ3n) is 3.47. The van der Waals surface area contributed by atoms with Crippen molar-refractivity contribution in [3.05, 3.63) is 66.1 Å². The van der Waals surface area contributed by atoms with Crippen LogP contribution in [0.5, 0.6) is 0 Å². The first-order valence-electron chi connectivity index (χ1n) is 7.39. The highest BCUT2D eigenvalue weighted by Crippen LogP contribution is 2.19. The van der Waals surface area contributed by atoms with Crippen LogP contribution in [0.15, 0.2) is 53.9 Å². The Hall–Kier alpha value is -3.22. The molecule has 0 aliphatic rings. The maximum absolute atomic E-state index is 12.9. The molecule has 0 radical (unpaired) electrons. The number of halogens is 1. The minimum atomic E-state index is -0.261. The second-order valence-corrected chi connectivity index (χ2v) is 5.09. The van der Waals surface area contributed by atoms with Crippen LogP contribution in [-0.2, 0) is 0 Å². The van der Waals surface area contributed by atoms with Gasteiger partial charge in [0.25, 0.3) is 0 Å². The summed E-state index contributed by atoms with van der Waals surface area (Å²) in [5.74, 6) is 0.354. The molecular weight excluding hydrogens is 307 g/mol. The molecule has 3 rings (SSSR count). The van der Waals surface area contributed by atoms with Gasteiger partial charge < -0.3 is 10.6 Å². The lowest BCUT2D eigenvalue weighted by Gasteiger charge is -2.08. The monoisotopic (exact) mass is 324 g/mol. The van der Waals surface area contributed by atoms with Crippen LogP contribution >= 0.6 is 0 Å². The highest BCUT2D eigenvalue weighted by atomic mass is 19.1. The highest BCUT2D eigenvalue weighted by molar-refractivity contribution is 5.69. The molecule has 0 atom stereocenters. The molecule has 24 heavy (non-hydrogen) atoms. The summed E-state index contributed by atoms with van der Waals surface area (Å²) in [5.41, 5.74) is 3.14. The van der Waals surface area contributed by atoms with Crippen LogP contribution in [0, 0.1) is 12.7 Å². The van der Waals surface area contributed by atoms with Crippen LogP contribution in [0.25, 0.3) is 11.5 Å². The summed E-state index contributed by atoms with van der Waals surface area (Å²) in [5, 5.41) is 6.25. The number of anilines is 1. The molecular formula is C17H17FN6. The van der Waals surface area contributed by atoms with Gasteiger partial charge in [-0.25, -0.2) is 14.4 Å². The Morgan fingerprint density at radius 1 is 1.38 bits per heavy atom. The van der Waals surface area contributed by atoms with Crippen LogP contribution in [0.2, 0.25) is 0 Å². The van der Waals surface area contributed by atoms with Crippen molar-refractivity contribution in [2.24, 2.45) is 4.99 Å². The molecule has 1 aromatic carbocycles. The van der Waals surface area contributed by atoms with Crippen LogP contribution in [0.4, 0.5) is 10.1 Å². The lowest BCUT2D eigenvalue weighted by Crippen LogP contribution is -2.16. The van der Waals surface area contributed by atoms with E-state index in [1.165, 1.54) is 12.1 Å². The van der Waals surface area contributed by atoms with Crippen LogP contribution < -0.4 is 10.6 Å². The number of nitrogens with zero attached hydrogens (tertiary/aromatic N) is 4. The van der Waals surface area contributed by atoms with Crippen molar-refractivity contribution in [1.82, 2.24) is 19.7 Å². The average Bonchev–Trinajstić information content (AvgIpc) is 2.93. The van der Waals surface area contributed by atoms with E-state index in [0.29, 0.717) is 18.1 Å². The molecule has 3 aromatic rings. The second-order valence-electron chi connectivity index (χ2n) is 5.09. The number of hydrogen-bond donors (Lipinski definition) is 2. The first-order chi connectivity index (χ1) is 11.7. The van der Waals surface area contributed by atoms with E-state index in [9.17, 15) is 4.39 Å². The van der Waals surface area contributed by atoms with Crippen molar-refractivity contribution in [1.29, 1.82) is 0 Å². The van der Waals surface area contributed by atoms with Gasteiger partial charge in [0.1, 0.15) is 11.5 Å². The van der Waals surface area contributed by atoms with Gasteiger partial charge in [-0.2, -0.15) is 0 Å². The summed E-state index contributed by atoms with van der Waals surface area (Å²) < 4.78 is 14.7. The molecule has 0 unspecified atom stereocenters. The van der Waals surface area contributed by atoms with Gasteiger partial charge in [-0.05, 0) is 44.0 Å². The van der Waals surface area contributed by atoms with Gasteiger partial charge >= 0.3 is 0 Å². The zero-order valence-electron chi connectivity index (χ0n) is 13.2. The van der Waals surface area contributed by atoms with E-state index in [4.69, 9.17) is 0 Å². The molecule has 0 saturated heterocycles. The molecule has 0 fully saturated rings. The predicted octanol–water partition coefficient (Wildman–Crippen LogP) is 2.84. The largest absolute Gasteiger partial charge is 0.372 e. The first kappa shape index (κ1) is 15.7. The smallest absolute Gasteiger partial charge is 0.234 e. The fraction of sp³-hybridized carbons (Fsp3) is 0.118. The summed E-state index contributed by atoms with van der Waals surface area (Å²) in [4.78, 5) is 12.7. The fourth-order valence-corrected chi connectivity index (χ4v) is 2.36. The minimum absolute atomic E-state index is 0.261. The maximum atomic E-state index is 12.9. The van der Waals surface area contributed by atoms with Gasteiger partial charge in [0.15, 0.2) is 0 Å². The topological polar surface area (TPSA) is 66.6 Å². The maximum Gasteiger partial charge on any atom is 0.234 e. The van der Waals surface area contributed by atoms with Crippen molar-refractivity contribution in [3.63, 3.8) is 0 Å². The Balaban J connectivity index is 1.73. The molecule has 6 nitrogen and oxygen atoms in total. The SMILES string of the molecule is C=N/C(=C\NCNc1ccc(F)cc1)c1c(C)nc2ncccn12. The number of benzene rings is 1. The molecule has 2 heterocycles. The van der Waals surface area contributed by atoms with Crippen LogP contribution in [0.3, 0.4) is 0 Å². The summed E-state index contributed by atoms with van der Waals surface area (Å²) in [6.45, 7) is 5.99. The van der Waals surface area contributed by atoms with Crippen molar-refractivity contribution in [2.75, 3.05) is 12.0 Å². The predicted molar refractivity (Wildman–Crippen MR) is 93.3 cm³/mol. The standard InChI is InChI=1S/C17H17FN6/c1-12-16(24-9-3-8-21-17(24)23-12)15(19-2)10-20-11-22-14-6-4-13(18)5-7-14/h3-10,20,22H,2,11H2,1H3/b15-10-. The molecule has 2 aromatic heterocycles. The number of rotatable bonds is 6. The lowest BCUT2D eigenvalue weighted by atomic mass is 10.3. The Kier molecular flexibility index (Phi) is 4.51. The molecule has 0 saturated carbocycles. The number of imidazole rings is 1. The van der Waals surface area contributed by atoms with Crippen molar-refractivity contribution in [3.8, 4) is 0 Å². The number of aliphatic imine (C=N–C) groups is 1. The molecule has 0 spiro atoms. The Morgan fingerprint density at radius 2 is 2.17 bits per heavy atom.